The van der Waals surface area contributed by atoms with Gasteiger partial charge in [0.05, 0.1) is 28.2 Å². The lowest BCUT2D eigenvalue weighted by Crippen LogP contribution is -2.25. The summed E-state index contributed by atoms with van der Waals surface area (Å²) in [7, 11) is -1.55. The van der Waals surface area contributed by atoms with Crippen molar-refractivity contribution in [3.8, 4) is 11.8 Å². The van der Waals surface area contributed by atoms with Gasteiger partial charge in [-0.2, -0.15) is 5.26 Å². The van der Waals surface area contributed by atoms with Crippen LogP contribution in [0.15, 0.2) is 35.4 Å². The third kappa shape index (κ3) is 4.94. The van der Waals surface area contributed by atoms with Gasteiger partial charge in [0.2, 0.25) is 0 Å². The lowest BCUT2D eigenvalue weighted by atomic mass is 9.95. The molecule has 0 aliphatic heterocycles. The Morgan fingerprint density at radius 2 is 2.04 bits per heavy atom. The van der Waals surface area contributed by atoms with Crippen LogP contribution in [0.2, 0.25) is 0 Å². The molecule has 1 aromatic carbocycles. The van der Waals surface area contributed by atoms with Crippen molar-refractivity contribution in [1.29, 1.82) is 5.26 Å². The van der Waals surface area contributed by atoms with Gasteiger partial charge in [-0.1, -0.05) is 19.1 Å². The maximum absolute atomic E-state index is 12.7. The van der Waals surface area contributed by atoms with E-state index >= 15 is 0 Å². The van der Waals surface area contributed by atoms with E-state index in [1.165, 1.54) is 5.56 Å². The second-order valence-corrected chi connectivity index (χ2v) is 8.15. The van der Waals surface area contributed by atoms with Gasteiger partial charge in [0.1, 0.15) is 23.5 Å². The number of hydrogen-bond donors (Lipinski definition) is 1. The highest BCUT2D eigenvalue weighted by Gasteiger charge is 2.21. The minimum absolute atomic E-state index is 0.00644. The fourth-order valence-corrected chi connectivity index (χ4v) is 4.35. The van der Waals surface area contributed by atoms with E-state index in [9.17, 15) is 14.6 Å². The molecule has 0 spiro atoms. The largest absolute Gasteiger partial charge is 0.491 e. The number of aliphatic hydroxyl groups excluding tert-OH is 1. The van der Waals surface area contributed by atoms with Crippen LogP contribution in [-0.4, -0.2) is 32.8 Å². The van der Waals surface area contributed by atoms with E-state index in [-0.39, 0.29) is 17.4 Å². The topological polar surface area (TPSA) is 83.2 Å². The van der Waals surface area contributed by atoms with E-state index in [2.05, 4.69) is 18.0 Å². The number of aromatic nitrogens is 1. The number of ether oxygens (including phenoxy) is 1. The molecule has 1 heterocycles. The molecule has 0 unspecified atom stereocenters. The third-order valence-electron chi connectivity index (χ3n) is 4.72. The van der Waals surface area contributed by atoms with E-state index in [1.54, 1.807) is 0 Å². The Labute approximate surface area is 162 Å². The molecule has 5 nitrogen and oxygen atoms in total. The second-order valence-electron chi connectivity index (χ2n) is 6.74. The standard InChI is InChI=1S/C21H24N2O3S/c1-2-15-7-9-19(10-8-15)26-13-18(24)14-27(25)21-17(12-22)11-16-5-3-4-6-20(16)23-21/h7-11,18,24H,2-6,13-14H2,1H3/t18-,27-/m0/s1. The Kier molecular flexibility index (Phi) is 6.59. The summed E-state index contributed by atoms with van der Waals surface area (Å²) in [6.45, 7) is 2.13. The third-order valence-corrected chi connectivity index (χ3v) is 6.15. The number of nitriles is 1. The molecule has 1 aromatic heterocycles. The Morgan fingerprint density at radius 3 is 2.74 bits per heavy atom. The minimum atomic E-state index is -1.55. The molecule has 0 radical (unpaired) electrons. The van der Waals surface area contributed by atoms with Crippen molar-refractivity contribution < 1.29 is 14.1 Å². The van der Waals surface area contributed by atoms with Crippen LogP contribution >= 0.6 is 0 Å². The van der Waals surface area contributed by atoms with Crippen LogP contribution in [0.25, 0.3) is 0 Å². The second kappa shape index (κ2) is 9.12. The molecule has 2 aromatic rings. The molecule has 1 aliphatic carbocycles. The van der Waals surface area contributed by atoms with Gasteiger partial charge < -0.3 is 9.84 Å². The average molecular weight is 385 g/mol. The van der Waals surface area contributed by atoms with Gasteiger partial charge in [-0.3, -0.25) is 4.21 Å². The molecule has 2 atom stereocenters. The summed E-state index contributed by atoms with van der Waals surface area (Å²) < 4.78 is 18.3. The zero-order valence-corrected chi connectivity index (χ0v) is 16.3. The van der Waals surface area contributed by atoms with Crippen LogP contribution in [0.4, 0.5) is 0 Å². The Bertz CT molecular complexity index is 859. The molecule has 1 aliphatic rings. The fraction of sp³-hybridized carbons (Fsp3) is 0.429. The van der Waals surface area contributed by atoms with E-state index < -0.39 is 16.9 Å². The van der Waals surface area contributed by atoms with Gasteiger partial charge in [-0.05, 0) is 61.4 Å². The van der Waals surface area contributed by atoms with Crippen molar-refractivity contribution in [3.05, 3.63) is 52.7 Å². The molecule has 1 N–H and O–H groups in total. The molecule has 0 fully saturated rings. The van der Waals surface area contributed by atoms with Crippen LogP contribution in [0.5, 0.6) is 5.75 Å². The van der Waals surface area contributed by atoms with E-state index in [0.717, 1.165) is 43.4 Å². The zero-order chi connectivity index (χ0) is 19.2. The van der Waals surface area contributed by atoms with Crippen molar-refractivity contribution in [2.24, 2.45) is 0 Å². The Hall–Kier alpha value is -2.23. The quantitative estimate of drug-likeness (QED) is 0.793. The van der Waals surface area contributed by atoms with Crippen molar-refractivity contribution in [2.75, 3.05) is 12.4 Å². The smallest absolute Gasteiger partial charge is 0.145 e. The molecule has 6 heteroatoms. The summed E-state index contributed by atoms with van der Waals surface area (Å²) in [5, 5.41) is 19.9. The van der Waals surface area contributed by atoms with Crippen LogP contribution in [-0.2, 0) is 30.1 Å². The summed E-state index contributed by atoms with van der Waals surface area (Å²) in [5.74, 6) is 0.662. The molecular formula is C21H24N2O3S. The molecule has 3 rings (SSSR count). The normalized spacial score (nSPS) is 15.4. The van der Waals surface area contributed by atoms with E-state index in [0.29, 0.717) is 11.3 Å². The van der Waals surface area contributed by atoms with Gasteiger partial charge in [0.25, 0.3) is 0 Å². The maximum Gasteiger partial charge on any atom is 0.145 e. The van der Waals surface area contributed by atoms with Crippen molar-refractivity contribution >= 4 is 10.8 Å². The molecular weight excluding hydrogens is 360 g/mol. The van der Waals surface area contributed by atoms with E-state index in [4.69, 9.17) is 4.74 Å². The van der Waals surface area contributed by atoms with Gasteiger partial charge >= 0.3 is 0 Å². The fourth-order valence-electron chi connectivity index (χ4n) is 3.18. The Morgan fingerprint density at radius 1 is 1.30 bits per heavy atom. The predicted molar refractivity (Wildman–Crippen MR) is 104 cm³/mol. The molecule has 27 heavy (non-hydrogen) atoms. The van der Waals surface area contributed by atoms with Crippen molar-refractivity contribution in [3.63, 3.8) is 0 Å². The van der Waals surface area contributed by atoms with Gasteiger partial charge in [0.15, 0.2) is 0 Å². The first-order chi connectivity index (χ1) is 13.1. The number of aliphatic hydroxyl groups is 1. The number of rotatable bonds is 7. The first-order valence-corrected chi connectivity index (χ1v) is 10.6. The highest BCUT2D eigenvalue weighted by atomic mass is 32.2. The summed E-state index contributed by atoms with van der Waals surface area (Å²) in [6.07, 6.45) is 3.97. The molecule has 142 valence electrons. The predicted octanol–water partition coefficient (Wildman–Crippen LogP) is 2.94. The average Bonchev–Trinajstić information content (AvgIpc) is 2.71. The first-order valence-electron chi connectivity index (χ1n) is 9.31. The van der Waals surface area contributed by atoms with Gasteiger partial charge in [0, 0.05) is 5.69 Å². The summed E-state index contributed by atoms with van der Waals surface area (Å²) >= 11 is 0. The SMILES string of the molecule is CCc1ccc(OC[C@H](O)C[S@](=O)c2nc3c(cc2C#N)CCCC3)cc1. The van der Waals surface area contributed by atoms with Crippen LogP contribution in [0.1, 0.15) is 42.1 Å². The zero-order valence-electron chi connectivity index (χ0n) is 15.5. The monoisotopic (exact) mass is 384 g/mol. The molecule has 0 bridgehead atoms. The number of benzene rings is 1. The lowest BCUT2D eigenvalue weighted by molar-refractivity contribution is 0.125. The summed E-state index contributed by atoms with van der Waals surface area (Å²) in [5.41, 5.74) is 3.58. The first kappa shape index (κ1) is 19.5. The van der Waals surface area contributed by atoms with Crippen LogP contribution in [0, 0.1) is 11.3 Å². The maximum atomic E-state index is 12.7. The molecule has 0 saturated heterocycles. The summed E-state index contributed by atoms with van der Waals surface area (Å²) in [4.78, 5) is 4.50. The summed E-state index contributed by atoms with van der Waals surface area (Å²) in [6, 6.07) is 11.6. The number of hydrogen-bond acceptors (Lipinski definition) is 5. The highest BCUT2D eigenvalue weighted by molar-refractivity contribution is 7.85. The number of fused-ring (bicyclic) bond motifs is 1. The van der Waals surface area contributed by atoms with Crippen LogP contribution in [0.3, 0.4) is 0 Å². The van der Waals surface area contributed by atoms with Gasteiger partial charge in [-0.25, -0.2) is 4.98 Å². The number of aryl methyl sites for hydroxylation is 3. The van der Waals surface area contributed by atoms with E-state index in [1.807, 2.05) is 30.3 Å². The highest BCUT2D eigenvalue weighted by Crippen LogP contribution is 2.24. The van der Waals surface area contributed by atoms with Crippen molar-refractivity contribution in [1.82, 2.24) is 4.98 Å². The van der Waals surface area contributed by atoms with Crippen molar-refractivity contribution in [2.45, 2.75) is 50.2 Å². The Balaban J connectivity index is 1.63. The minimum Gasteiger partial charge on any atom is -0.491 e. The van der Waals surface area contributed by atoms with Gasteiger partial charge in [-0.15, -0.1) is 0 Å². The number of pyridine rings is 1. The van der Waals surface area contributed by atoms with Crippen LogP contribution < -0.4 is 4.74 Å². The molecule has 0 amide bonds. The lowest BCUT2D eigenvalue weighted by Gasteiger charge is -2.17. The molecule has 0 saturated carbocycles. The number of nitrogens with zero attached hydrogens (tertiary/aromatic N) is 2.